The molecule has 164 valence electrons. The maximum atomic E-state index is 13.5. The third-order valence-electron chi connectivity index (χ3n) is 5.41. The molecule has 0 radical (unpaired) electrons. The summed E-state index contributed by atoms with van der Waals surface area (Å²) in [6.45, 7) is 5.07. The van der Waals surface area contributed by atoms with Gasteiger partial charge in [0.15, 0.2) is 0 Å². The van der Waals surface area contributed by atoms with Crippen molar-refractivity contribution in [2.75, 3.05) is 11.9 Å². The Balaban J connectivity index is 2.24. The van der Waals surface area contributed by atoms with Crippen LogP contribution in [-0.4, -0.2) is 39.9 Å². The van der Waals surface area contributed by atoms with Gasteiger partial charge in [-0.3, -0.25) is 14.4 Å². The fraction of sp³-hybridized carbons (Fsp3) is 0.364. The van der Waals surface area contributed by atoms with E-state index in [1.807, 2.05) is 13.8 Å². The van der Waals surface area contributed by atoms with Gasteiger partial charge in [-0.1, -0.05) is 20.3 Å². The van der Waals surface area contributed by atoms with Gasteiger partial charge in [-0.2, -0.15) is 5.26 Å². The Morgan fingerprint density at radius 3 is 2.55 bits per heavy atom. The number of hydrogen-bond donors (Lipinski definition) is 3. The van der Waals surface area contributed by atoms with Crippen LogP contribution in [0.4, 0.5) is 10.1 Å². The van der Waals surface area contributed by atoms with Crippen molar-refractivity contribution in [1.29, 1.82) is 5.26 Å². The molecule has 3 N–H and O–H groups in total. The first-order valence-corrected chi connectivity index (χ1v) is 9.77. The molecule has 1 aromatic carbocycles. The standard InChI is InChI=1S/C22H25FN4O4/c1-5-12(2)18(11-28)26-22(31)20(29)16-9-19(27(4)13(16)3)21(30)25-15-6-7-17(23)14(8-15)10-24/h6-9,12,18,28H,5,11H2,1-4H3,(H,25,30)(H,26,31). The van der Waals surface area contributed by atoms with Gasteiger partial charge in [0.25, 0.3) is 17.6 Å². The first-order valence-electron chi connectivity index (χ1n) is 9.77. The van der Waals surface area contributed by atoms with E-state index in [1.54, 1.807) is 20.0 Å². The minimum absolute atomic E-state index is 0.0195. The highest BCUT2D eigenvalue weighted by Crippen LogP contribution is 2.19. The van der Waals surface area contributed by atoms with Crippen LogP contribution in [0.15, 0.2) is 24.3 Å². The van der Waals surface area contributed by atoms with Crippen LogP contribution in [0.1, 0.15) is 52.4 Å². The van der Waals surface area contributed by atoms with Crippen LogP contribution in [0.3, 0.4) is 0 Å². The molecule has 8 nitrogen and oxygen atoms in total. The molecule has 1 heterocycles. The molecule has 0 spiro atoms. The number of aliphatic hydroxyl groups excluding tert-OH is 1. The highest BCUT2D eigenvalue weighted by molar-refractivity contribution is 6.43. The molecule has 2 unspecified atom stereocenters. The molecule has 0 aliphatic heterocycles. The van der Waals surface area contributed by atoms with E-state index in [0.29, 0.717) is 12.1 Å². The van der Waals surface area contributed by atoms with Gasteiger partial charge in [0.05, 0.1) is 18.2 Å². The van der Waals surface area contributed by atoms with E-state index in [0.717, 1.165) is 6.07 Å². The molecule has 0 fully saturated rings. The van der Waals surface area contributed by atoms with E-state index >= 15 is 0 Å². The zero-order chi connectivity index (χ0) is 23.3. The van der Waals surface area contributed by atoms with Crippen molar-refractivity contribution in [3.05, 3.63) is 52.6 Å². The molecule has 0 saturated carbocycles. The first kappa shape index (κ1) is 23.8. The van der Waals surface area contributed by atoms with Crippen LogP contribution < -0.4 is 10.6 Å². The summed E-state index contributed by atoms with van der Waals surface area (Å²) in [5, 5.41) is 23.5. The van der Waals surface area contributed by atoms with Gasteiger partial charge >= 0.3 is 0 Å². The molecule has 0 bridgehead atoms. The van der Waals surface area contributed by atoms with E-state index in [-0.39, 0.29) is 35.0 Å². The molecule has 31 heavy (non-hydrogen) atoms. The van der Waals surface area contributed by atoms with Crippen molar-refractivity contribution in [2.45, 2.75) is 33.2 Å². The van der Waals surface area contributed by atoms with E-state index in [9.17, 15) is 23.9 Å². The summed E-state index contributed by atoms with van der Waals surface area (Å²) in [6, 6.07) is 6.03. The van der Waals surface area contributed by atoms with Gasteiger partial charge in [0, 0.05) is 24.0 Å². The highest BCUT2D eigenvalue weighted by Gasteiger charge is 2.27. The summed E-state index contributed by atoms with van der Waals surface area (Å²) < 4.78 is 14.9. The van der Waals surface area contributed by atoms with Gasteiger partial charge in [-0.25, -0.2) is 4.39 Å². The summed E-state index contributed by atoms with van der Waals surface area (Å²) in [4.78, 5) is 37.8. The zero-order valence-corrected chi connectivity index (χ0v) is 17.8. The maximum absolute atomic E-state index is 13.5. The van der Waals surface area contributed by atoms with Crippen LogP contribution in [0, 0.1) is 30.0 Å². The number of nitrogens with one attached hydrogen (secondary N) is 2. The van der Waals surface area contributed by atoms with Crippen molar-refractivity contribution >= 4 is 23.3 Å². The summed E-state index contributed by atoms with van der Waals surface area (Å²) in [6.07, 6.45) is 0.714. The van der Waals surface area contributed by atoms with Crippen molar-refractivity contribution in [2.24, 2.45) is 13.0 Å². The topological polar surface area (TPSA) is 124 Å². The second-order valence-electron chi connectivity index (χ2n) is 7.33. The Morgan fingerprint density at radius 2 is 1.97 bits per heavy atom. The summed E-state index contributed by atoms with van der Waals surface area (Å²) in [5.41, 5.74) is 0.575. The first-order chi connectivity index (χ1) is 14.6. The molecular weight excluding hydrogens is 403 g/mol. The molecule has 0 aliphatic carbocycles. The van der Waals surface area contributed by atoms with Crippen molar-refractivity contribution in [3.63, 3.8) is 0 Å². The van der Waals surface area contributed by atoms with Crippen molar-refractivity contribution < 1.29 is 23.9 Å². The Labute approximate surface area is 179 Å². The van der Waals surface area contributed by atoms with Crippen molar-refractivity contribution in [1.82, 2.24) is 9.88 Å². The molecule has 9 heteroatoms. The largest absolute Gasteiger partial charge is 0.394 e. The molecule has 2 aromatic rings. The number of hydrogen-bond acceptors (Lipinski definition) is 5. The number of aliphatic hydroxyl groups is 1. The fourth-order valence-corrected chi connectivity index (χ4v) is 3.04. The fourth-order valence-electron chi connectivity index (χ4n) is 3.04. The summed E-state index contributed by atoms with van der Waals surface area (Å²) in [5.74, 6) is -2.99. The number of benzene rings is 1. The predicted octanol–water partition coefficient (Wildman–Crippen LogP) is 2.30. The number of ketones is 1. The molecule has 2 atom stereocenters. The second-order valence-corrected chi connectivity index (χ2v) is 7.33. The Morgan fingerprint density at radius 1 is 1.29 bits per heavy atom. The van der Waals surface area contributed by atoms with Crippen LogP contribution in [0.5, 0.6) is 0 Å². The number of Topliss-reactive ketones (excluding diaryl/α,β-unsaturated/α-hetero) is 1. The number of aromatic nitrogens is 1. The molecular formula is C22H25FN4O4. The number of rotatable bonds is 8. The lowest BCUT2D eigenvalue weighted by molar-refractivity contribution is -0.118. The molecule has 2 amide bonds. The maximum Gasteiger partial charge on any atom is 0.292 e. The summed E-state index contributed by atoms with van der Waals surface area (Å²) in [7, 11) is 1.57. The van der Waals surface area contributed by atoms with Crippen LogP contribution in [-0.2, 0) is 11.8 Å². The van der Waals surface area contributed by atoms with E-state index in [4.69, 9.17) is 5.26 Å². The molecule has 1 aromatic heterocycles. The number of halogens is 1. The molecule has 2 rings (SSSR count). The third kappa shape index (κ3) is 5.16. The van der Waals surface area contributed by atoms with E-state index in [1.165, 1.54) is 22.8 Å². The molecule has 0 aliphatic rings. The minimum atomic E-state index is -0.864. The number of anilines is 1. The Bertz CT molecular complexity index is 1050. The Kier molecular flexibility index (Phi) is 7.67. The molecule has 0 saturated heterocycles. The number of carbonyl (C=O) groups is 3. The average Bonchev–Trinajstić information content (AvgIpc) is 3.06. The van der Waals surface area contributed by atoms with E-state index < -0.39 is 29.5 Å². The summed E-state index contributed by atoms with van der Waals surface area (Å²) >= 11 is 0. The van der Waals surface area contributed by atoms with E-state index in [2.05, 4.69) is 10.6 Å². The predicted molar refractivity (Wildman–Crippen MR) is 112 cm³/mol. The van der Waals surface area contributed by atoms with Gasteiger partial charge in [0.1, 0.15) is 17.6 Å². The van der Waals surface area contributed by atoms with Crippen LogP contribution >= 0.6 is 0 Å². The lowest BCUT2D eigenvalue weighted by Gasteiger charge is -2.21. The lowest BCUT2D eigenvalue weighted by atomic mass is 9.99. The monoisotopic (exact) mass is 428 g/mol. The smallest absolute Gasteiger partial charge is 0.292 e. The van der Waals surface area contributed by atoms with Gasteiger partial charge < -0.3 is 20.3 Å². The normalized spacial score (nSPS) is 12.5. The van der Waals surface area contributed by atoms with Crippen molar-refractivity contribution in [3.8, 4) is 6.07 Å². The van der Waals surface area contributed by atoms with Crippen LogP contribution in [0.25, 0.3) is 0 Å². The van der Waals surface area contributed by atoms with Gasteiger partial charge in [-0.15, -0.1) is 0 Å². The lowest BCUT2D eigenvalue weighted by Crippen LogP contribution is -2.45. The number of amides is 2. The van der Waals surface area contributed by atoms with Gasteiger partial charge in [-0.05, 0) is 37.1 Å². The number of carbonyl (C=O) groups excluding carboxylic acids is 3. The van der Waals surface area contributed by atoms with Gasteiger partial charge in [0.2, 0.25) is 0 Å². The quantitative estimate of drug-likeness (QED) is 0.440. The van der Waals surface area contributed by atoms with Crippen LogP contribution in [0.2, 0.25) is 0 Å². The minimum Gasteiger partial charge on any atom is -0.394 e. The highest BCUT2D eigenvalue weighted by atomic mass is 19.1. The average molecular weight is 428 g/mol. The number of nitrogens with zero attached hydrogens (tertiary/aromatic N) is 2. The zero-order valence-electron chi connectivity index (χ0n) is 17.8. The second kappa shape index (κ2) is 10.00. The Hall–Kier alpha value is -3.51. The number of nitriles is 1. The SMILES string of the molecule is CCC(C)C(CO)NC(=O)C(=O)c1cc(C(=O)Nc2ccc(F)c(C#N)c2)n(C)c1C. The third-order valence-corrected chi connectivity index (χ3v) is 5.41.